The van der Waals surface area contributed by atoms with E-state index in [0.717, 1.165) is 0 Å². The molecule has 1 unspecified atom stereocenters. The van der Waals surface area contributed by atoms with Gasteiger partial charge in [-0.15, -0.1) is 0 Å². The van der Waals surface area contributed by atoms with Gasteiger partial charge in [-0.3, -0.25) is 19.2 Å². The molecule has 3 aromatic rings. The van der Waals surface area contributed by atoms with Crippen molar-refractivity contribution in [1.82, 2.24) is 44.9 Å². The molecule has 0 aromatic carbocycles. The van der Waals surface area contributed by atoms with Crippen LogP contribution in [-0.4, -0.2) is 83.0 Å². The maximum atomic E-state index is 14.3. The molecule has 1 aliphatic carbocycles. The van der Waals surface area contributed by atoms with Crippen LogP contribution < -0.4 is 10.6 Å². The van der Waals surface area contributed by atoms with Gasteiger partial charge in [0.15, 0.2) is 0 Å². The van der Waals surface area contributed by atoms with Gasteiger partial charge in [-0.25, -0.2) is 28.1 Å². The molecule has 3 aromatic heterocycles. The smallest absolute Gasteiger partial charge is 0.410 e. The molecule has 4 atom stereocenters. The fourth-order valence-electron chi connectivity index (χ4n) is 7.58. The Labute approximate surface area is 303 Å². The van der Waals surface area contributed by atoms with Crippen LogP contribution in [0, 0.1) is 17.8 Å². The minimum absolute atomic E-state index is 0.0775. The van der Waals surface area contributed by atoms with E-state index in [1.54, 1.807) is 26.8 Å². The number of aromatic nitrogens is 6. The fraction of sp³-hybridized carbons (Fsp3) is 0.686. The summed E-state index contributed by atoms with van der Waals surface area (Å²) in [5.41, 5.74) is 0.284. The molecule has 0 spiro atoms. The Morgan fingerprint density at radius 1 is 1.11 bits per heavy atom. The van der Waals surface area contributed by atoms with Crippen molar-refractivity contribution in [2.24, 2.45) is 17.8 Å². The van der Waals surface area contributed by atoms with Crippen LogP contribution in [0.5, 0.6) is 0 Å². The van der Waals surface area contributed by atoms with Crippen molar-refractivity contribution in [2.45, 2.75) is 122 Å². The number of carbonyl (C=O) groups excluding carboxylic acids is 3. The van der Waals surface area contributed by atoms with Crippen LogP contribution in [-0.2, 0) is 22.5 Å². The number of nitrogens with one attached hydrogen (secondary N) is 2. The molecule has 0 bridgehead atoms. The van der Waals surface area contributed by atoms with Crippen LogP contribution in [0.2, 0.25) is 0 Å². The number of amides is 3. The summed E-state index contributed by atoms with van der Waals surface area (Å²) in [6.45, 7) is 7.29. The normalized spacial score (nSPS) is 23.5. The highest BCUT2D eigenvalue weighted by atomic mass is 19.4. The first kappa shape index (κ1) is 38.3. The monoisotopic (exact) mass is 751 g/mol. The highest BCUT2D eigenvalue weighted by molar-refractivity contribution is 5.92. The van der Waals surface area contributed by atoms with E-state index < -0.39 is 78.4 Å². The fourth-order valence-corrected chi connectivity index (χ4v) is 7.58. The molecule has 53 heavy (non-hydrogen) atoms. The maximum absolute atomic E-state index is 14.3. The van der Waals surface area contributed by atoms with E-state index in [1.165, 1.54) is 26.5 Å². The molecule has 1 saturated carbocycles. The molecule has 2 saturated heterocycles. The number of aryl methyl sites for hydroxylation is 1. The lowest BCUT2D eigenvalue weighted by Gasteiger charge is -2.37. The largest absolute Gasteiger partial charge is 0.444 e. The summed E-state index contributed by atoms with van der Waals surface area (Å²) in [6, 6.07) is 0.0576. The van der Waals surface area contributed by atoms with Crippen molar-refractivity contribution in [3.05, 3.63) is 41.2 Å². The number of rotatable bonds is 8. The predicted molar refractivity (Wildman–Crippen MR) is 180 cm³/mol. The van der Waals surface area contributed by atoms with Gasteiger partial charge in [0.05, 0.1) is 41.3 Å². The second-order valence-electron chi connectivity index (χ2n) is 15.3. The van der Waals surface area contributed by atoms with Crippen LogP contribution in [0.15, 0.2) is 18.5 Å². The number of piperidine rings is 2. The van der Waals surface area contributed by atoms with Crippen molar-refractivity contribution in [3.8, 4) is 0 Å². The minimum Gasteiger partial charge on any atom is -0.444 e. The van der Waals surface area contributed by atoms with Crippen molar-refractivity contribution < 1.29 is 41.1 Å². The zero-order chi connectivity index (χ0) is 38.3. The van der Waals surface area contributed by atoms with Gasteiger partial charge in [0.2, 0.25) is 11.8 Å². The molecule has 290 valence electrons. The van der Waals surface area contributed by atoms with E-state index in [4.69, 9.17) is 19.8 Å². The summed E-state index contributed by atoms with van der Waals surface area (Å²) in [4.78, 5) is 51.1. The van der Waals surface area contributed by atoms with Gasteiger partial charge in [-0.1, -0.05) is 0 Å². The number of carbonyl (C=O) groups is 3. The molecule has 0 radical (unpaired) electrons. The van der Waals surface area contributed by atoms with Crippen LogP contribution in [0.3, 0.4) is 0 Å². The van der Waals surface area contributed by atoms with E-state index in [1.807, 2.05) is 6.92 Å². The summed E-state index contributed by atoms with van der Waals surface area (Å²) in [7, 11) is 0. The number of ether oxygens (including phenoxy) is 1. The zero-order valence-electron chi connectivity index (χ0n) is 30.3. The molecule has 2 aliphatic heterocycles. The number of imidazole rings is 1. The summed E-state index contributed by atoms with van der Waals surface area (Å²) < 4.78 is 78.5. The van der Waals surface area contributed by atoms with Gasteiger partial charge < -0.3 is 15.4 Å². The number of nitrogens with zero attached hydrogens (tertiary/aromatic N) is 7. The number of likely N-dealkylation sites (tertiary alicyclic amines) is 1. The molecule has 3 aliphatic rings. The van der Waals surface area contributed by atoms with E-state index in [0.29, 0.717) is 38.0 Å². The Morgan fingerprint density at radius 3 is 2.53 bits per heavy atom. The number of fused-ring (bicyclic) bond motifs is 1. The minimum atomic E-state index is -4.52. The second kappa shape index (κ2) is 14.8. The van der Waals surface area contributed by atoms with E-state index in [-0.39, 0.29) is 55.0 Å². The van der Waals surface area contributed by atoms with Crippen LogP contribution >= 0.6 is 0 Å². The van der Waals surface area contributed by atoms with Crippen molar-refractivity contribution in [3.63, 3.8) is 0 Å². The summed E-state index contributed by atoms with van der Waals surface area (Å²) >= 11 is 0. The van der Waals surface area contributed by atoms with E-state index in [9.17, 15) is 36.3 Å². The van der Waals surface area contributed by atoms with Crippen molar-refractivity contribution in [1.29, 1.82) is 0 Å². The number of halogens is 5. The predicted octanol–water partition coefficient (Wildman–Crippen LogP) is 5.96. The lowest BCUT2D eigenvalue weighted by atomic mass is 9.81. The molecular weight excluding hydrogens is 705 g/mol. The molecular formula is C35H46F5N9O4. The number of hydrogen-bond acceptors (Lipinski definition) is 8. The second-order valence-corrected chi connectivity index (χ2v) is 15.3. The summed E-state index contributed by atoms with van der Waals surface area (Å²) in [6.07, 6.45) is -1.38. The Kier molecular flexibility index (Phi) is 10.7. The van der Waals surface area contributed by atoms with Crippen molar-refractivity contribution in [2.75, 3.05) is 13.1 Å². The number of hydrogen-bond donors (Lipinski definition) is 2. The molecule has 3 fully saturated rings. The van der Waals surface area contributed by atoms with Crippen LogP contribution in [0.4, 0.5) is 26.7 Å². The Hall–Kier alpha value is -4.38. The van der Waals surface area contributed by atoms with Gasteiger partial charge in [-0.05, 0) is 78.2 Å². The first-order valence-corrected chi connectivity index (χ1v) is 18.2. The Bertz CT molecular complexity index is 1810. The molecule has 2 N–H and O–H groups in total. The van der Waals surface area contributed by atoms with Gasteiger partial charge in [-0.2, -0.15) is 23.4 Å². The van der Waals surface area contributed by atoms with Gasteiger partial charge >= 0.3 is 12.3 Å². The average molecular weight is 752 g/mol. The van der Waals surface area contributed by atoms with E-state index in [2.05, 4.69) is 15.7 Å². The molecule has 5 heterocycles. The lowest BCUT2D eigenvalue weighted by Crippen LogP contribution is -2.47. The van der Waals surface area contributed by atoms with Crippen LogP contribution in [0.1, 0.15) is 119 Å². The molecule has 3 amide bonds. The highest BCUT2D eigenvalue weighted by Crippen LogP contribution is 2.42. The van der Waals surface area contributed by atoms with Gasteiger partial charge in [0.25, 0.3) is 11.7 Å². The topological polar surface area (TPSA) is 149 Å². The van der Waals surface area contributed by atoms with Gasteiger partial charge in [0, 0.05) is 51.0 Å². The first-order chi connectivity index (χ1) is 24.9. The first-order valence-electron chi connectivity index (χ1n) is 18.2. The Balaban J connectivity index is 1.42. The molecule has 6 rings (SSSR count). The average Bonchev–Trinajstić information content (AvgIpc) is 3.74. The zero-order valence-corrected chi connectivity index (χ0v) is 30.3. The molecule has 13 nitrogen and oxygen atoms in total. The lowest BCUT2D eigenvalue weighted by molar-refractivity contribution is -0.183. The third kappa shape index (κ3) is 8.72. The highest BCUT2D eigenvalue weighted by Gasteiger charge is 2.46. The quantitative estimate of drug-likeness (QED) is 0.268. The summed E-state index contributed by atoms with van der Waals surface area (Å²) in [5.74, 6) is -6.99. The maximum Gasteiger partial charge on any atom is 0.410 e. The SMILES string of the molecule is CCn1nccc1C(=O)N[C@H](c1cn2nc(C[C@H]3C[C@@H](C(F)(F)F)CNC3=O)c(C3CCCCN3C(=O)OC(C)(C)C)nc2n1)C1CCC(F)(F)CC1. The Morgan fingerprint density at radius 2 is 1.85 bits per heavy atom. The molecule has 18 heteroatoms. The van der Waals surface area contributed by atoms with Gasteiger partial charge in [0.1, 0.15) is 11.3 Å². The standard InChI is InChI=1S/C35H46F5N9O4/c1-5-48-26(11-14-42-48)30(51)44-27(20-9-12-34(36,37)13-10-20)24-19-49-31(43-24)45-28(25-8-6-7-15-47(25)32(52)53-33(2,3)4)23(46-49)17-21-16-22(35(38,39)40)18-41-29(21)50/h11,14,19-22,25,27H,5-10,12-13,15-18H2,1-4H3,(H,41,50)(H,44,51)/t21-,22-,25?,27+/m1/s1. The van der Waals surface area contributed by atoms with Crippen LogP contribution in [0.25, 0.3) is 5.78 Å². The van der Waals surface area contributed by atoms with E-state index >= 15 is 0 Å². The van der Waals surface area contributed by atoms with Crippen molar-refractivity contribution >= 4 is 23.7 Å². The summed E-state index contributed by atoms with van der Waals surface area (Å²) in [5, 5.41) is 14.3. The third-order valence-corrected chi connectivity index (χ3v) is 10.3. The third-order valence-electron chi connectivity index (χ3n) is 10.3. The number of alkyl halides is 5.